The van der Waals surface area contributed by atoms with Crippen molar-refractivity contribution < 1.29 is 0 Å². The van der Waals surface area contributed by atoms with E-state index in [0.29, 0.717) is 17.4 Å². The van der Waals surface area contributed by atoms with Gasteiger partial charge in [0.2, 0.25) is 0 Å². The van der Waals surface area contributed by atoms with Crippen molar-refractivity contribution in [1.82, 2.24) is 9.97 Å². The van der Waals surface area contributed by atoms with Crippen molar-refractivity contribution in [3.05, 3.63) is 18.1 Å². The molecule has 2 N–H and O–H groups in total. The zero-order valence-corrected chi connectivity index (χ0v) is 16.0. The van der Waals surface area contributed by atoms with Gasteiger partial charge in [0, 0.05) is 36.8 Å². The molecule has 0 amide bonds. The minimum Gasteiger partial charge on any atom is -0.356 e. The molecule has 0 atom stereocenters. The fourth-order valence-corrected chi connectivity index (χ4v) is 4.77. The molecular weight excluding hydrogens is 343 g/mol. The molecule has 1 aliphatic heterocycles. The molecule has 136 valence electrons. The van der Waals surface area contributed by atoms with Crippen molar-refractivity contribution in [3.63, 3.8) is 0 Å². The Bertz CT molecular complexity index is 522. The molecule has 3 aliphatic rings. The molecular formula is C18H30Cl2N4. The van der Waals surface area contributed by atoms with Crippen LogP contribution in [0.5, 0.6) is 0 Å². The Morgan fingerprint density at radius 1 is 1.00 bits per heavy atom. The highest BCUT2D eigenvalue weighted by molar-refractivity contribution is 5.85. The third kappa shape index (κ3) is 3.97. The highest BCUT2D eigenvalue weighted by Crippen LogP contribution is 2.44. The minimum atomic E-state index is 0. The smallest absolute Gasteiger partial charge is 0.132 e. The van der Waals surface area contributed by atoms with Gasteiger partial charge in [-0.1, -0.05) is 19.3 Å². The van der Waals surface area contributed by atoms with Gasteiger partial charge in [0.05, 0.1) is 0 Å². The summed E-state index contributed by atoms with van der Waals surface area (Å²) in [5.74, 6) is 1.71. The Morgan fingerprint density at radius 2 is 1.71 bits per heavy atom. The Morgan fingerprint density at radius 3 is 2.42 bits per heavy atom. The molecule has 0 bridgehead atoms. The van der Waals surface area contributed by atoms with Gasteiger partial charge in [0.25, 0.3) is 0 Å². The lowest BCUT2D eigenvalue weighted by atomic mass is 9.69. The number of halogens is 2. The van der Waals surface area contributed by atoms with E-state index in [-0.39, 0.29) is 24.8 Å². The molecule has 3 fully saturated rings. The largest absolute Gasteiger partial charge is 0.356 e. The van der Waals surface area contributed by atoms with E-state index in [1.807, 2.05) is 0 Å². The quantitative estimate of drug-likeness (QED) is 0.849. The molecule has 2 saturated carbocycles. The van der Waals surface area contributed by atoms with Gasteiger partial charge in [0.15, 0.2) is 0 Å². The summed E-state index contributed by atoms with van der Waals surface area (Å²) in [6, 6.07) is 2.61. The van der Waals surface area contributed by atoms with Gasteiger partial charge < -0.3 is 10.6 Å². The lowest BCUT2D eigenvalue weighted by Crippen LogP contribution is -2.44. The van der Waals surface area contributed by atoms with E-state index in [4.69, 9.17) is 5.73 Å². The number of nitrogens with two attached hydrogens (primary N) is 1. The Hall–Kier alpha value is -0.580. The highest BCUT2D eigenvalue weighted by atomic mass is 35.5. The van der Waals surface area contributed by atoms with Crippen LogP contribution in [0, 0.1) is 5.41 Å². The van der Waals surface area contributed by atoms with E-state index in [1.54, 1.807) is 6.33 Å². The topological polar surface area (TPSA) is 55.0 Å². The molecule has 2 aliphatic carbocycles. The van der Waals surface area contributed by atoms with Crippen LogP contribution in [0.4, 0.5) is 5.82 Å². The second kappa shape index (κ2) is 8.20. The summed E-state index contributed by atoms with van der Waals surface area (Å²) in [5, 5.41) is 0. The van der Waals surface area contributed by atoms with Crippen molar-refractivity contribution in [2.45, 2.75) is 69.7 Å². The van der Waals surface area contributed by atoms with E-state index in [0.717, 1.165) is 25.2 Å². The van der Waals surface area contributed by atoms with Gasteiger partial charge in [-0.05, 0) is 43.9 Å². The Kier molecular flexibility index (Phi) is 6.74. The molecule has 24 heavy (non-hydrogen) atoms. The van der Waals surface area contributed by atoms with Gasteiger partial charge in [-0.3, -0.25) is 0 Å². The molecule has 1 spiro atoms. The average Bonchev–Trinajstić information content (AvgIpc) is 2.53. The molecule has 2 heterocycles. The summed E-state index contributed by atoms with van der Waals surface area (Å²) in [6.07, 6.45) is 13.8. The number of hydrogen-bond donors (Lipinski definition) is 1. The van der Waals surface area contributed by atoms with Crippen molar-refractivity contribution in [3.8, 4) is 0 Å². The van der Waals surface area contributed by atoms with Gasteiger partial charge in [0.1, 0.15) is 12.1 Å². The Balaban J connectivity index is 0.00000104. The fraction of sp³-hybridized carbons (Fsp3) is 0.778. The van der Waals surface area contributed by atoms with Crippen LogP contribution < -0.4 is 10.6 Å². The van der Waals surface area contributed by atoms with E-state index >= 15 is 0 Å². The molecule has 1 aromatic rings. The van der Waals surface area contributed by atoms with Crippen molar-refractivity contribution in [2.24, 2.45) is 11.1 Å². The minimum absolute atomic E-state index is 0. The summed E-state index contributed by atoms with van der Waals surface area (Å²) in [5.41, 5.74) is 7.70. The maximum atomic E-state index is 5.93. The molecule has 0 unspecified atom stereocenters. The predicted molar refractivity (Wildman–Crippen MR) is 103 cm³/mol. The lowest BCUT2D eigenvalue weighted by Gasteiger charge is -2.45. The standard InChI is InChI=1S/C18H28N4.2ClH/c19-15-9-14(10-15)16-11-17(21-13-20-16)22-8-4-7-18(12-22)5-2-1-3-6-18;;/h11,13-15H,1-10,12,19H2;2*1H. The van der Waals surface area contributed by atoms with E-state index in [2.05, 4.69) is 20.9 Å². The predicted octanol–water partition coefficient (Wildman–Crippen LogP) is 4.08. The molecule has 4 nitrogen and oxygen atoms in total. The first-order valence-electron chi connectivity index (χ1n) is 9.07. The first-order valence-corrected chi connectivity index (χ1v) is 9.07. The summed E-state index contributed by atoms with van der Waals surface area (Å²) in [7, 11) is 0. The third-order valence-electron chi connectivity index (χ3n) is 6.17. The van der Waals surface area contributed by atoms with Crippen LogP contribution in [-0.4, -0.2) is 29.1 Å². The van der Waals surface area contributed by atoms with Crippen LogP contribution in [0.2, 0.25) is 0 Å². The first kappa shape index (κ1) is 19.7. The van der Waals surface area contributed by atoms with E-state index in [9.17, 15) is 0 Å². The van der Waals surface area contributed by atoms with Gasteiger partial charge in [-0.2, -0.15) is 0 Å². The number of hydrogen-bond acceptors (Lipinski definition) is 4. The first-order chi connectivity index (χ1) is 10.7. The summed E-state index contributed by atoms with van der Waals surface area (Å²) in [6.45, 7) is 2.36. The average molecular weight is 373 g/mol. The number of anilines is 1. The zero-order chi connectivity index (χ0) is 15.0. The molecule has 0 aromatic carbocycles. The molecule has 6 heteroatoms. The summed E-state index contributed by atoms with van der Waals surface area (Å²) in [4.78, 5) is 11.6. The maximum Gasteiger partial charge on any atom is 0.132 e. The van der Waals surface area contributed by atoms with Crippen LogP contribution in [-0.2, 0) is 0 Å². The summed E-state index contributed by atoms with van der Waals surface area (Å²) >= 11 is 0. The van der Waals surface area contributed by atoms with Crippen molar-refractivity contribution in [1.29, 1.82) is 0 Å². The van der Waals surface area contributed by atoms with Gasteiger partial charge in [-0.25, -0.2) is 9.97 Å². The molecule has 1 aromatic heterocycles. The number of nitrogens with zero attached hydrogens (tertiary/aromatic N) is 3. The normalized spacial score (nSPS) is 28.5. The van der Waals surface area contributed by atoms with Crippen molar-refractivity contribution >= 4 is 30.6 Å². The Labute approximate surface area is 157 Å². The van der Waals surface area contributed by atoms with Crippen molar-refractivity contribution in [2.75, 3.05) is 18.0 Å². The maximum absolute atomic E-state index is 5.93. The lowest BCUT2D eigenvalue weighted by molar-refractivity contribution is 0.155. The molecule has 4 rings (SSSR count). The van der Waals surface area contributed by atoms with E-state index in [1.165, 1.54) is 57.2 Å². The van der Waals surface area contributed by atoms with Crippen LogP contribution in [0.25, 0.3) is 0 Å². The second-order valence-electron chi connectivity index (χ2n) is 7.82. The number of rotatable bonds is 2. The number of piperidine rings is 1. The highest BCUT2D eigenvalue weighted by Gasteiger charge is 2.37. The fourth-order valence-electron chi connectivity index (χ4n) is 4.77. The zero-order valence-electron chi connectivity index (χ0n) is 14.3. The van der Waals surface area contributed by atoms with Crippen LogP contribution in [0.1, 0.15) is 69.4 Å². The SMILES string of the molecule is Cl.Cl.NC1CC(c2cc(N3CCCC4(CCCCC4)C3)ncn2)C1. The number of aromatic nitrogens is 2. The summed E-state index contributed by atoms with van der Waals surface area (Å²) < 4.78 is 0. The van der Waals surface area contributed by atoms with Crippen LogP contribution in [0.15, 0.2) is 12.4 Å². The van der Waals surface area contributed by atoms with Crippen LogP contribution >= 0.6 is 24.8 Å². The van der Waals surface area contributed by atoms with Gasteiger partial charge >= 0.3 is 0 Å². The third-order valence-corrected chi connectivity index (χ3v) is 6.17. The molecule has 1 saturated heterocycles. The second-order valence-corrected chi connectivity index (χ2v) is 7.82. The van der Waals surface area contributed by atoms with Crippen LogP contribution in [0.3, 0.4) is 0 Å². The monoisotopic (exact) mass is 372 g/mol. The molecule has 0 radical (unpaired) electrons. The van der Waals surface area contributed by atoms with E-state index < -0.39 is 0 Å². The van der Waals surface area contributed by atoms with Gasteiger partial charge in [-0.15, -0.1) is 24.8 Å².